The van der Waals surface area contributed by atoms with Crippen molar-refractivity contribution in [1.82, 2.24) is 9.88 Å². The molecule has 0 fully saturated rings. The summed E-state index contributed by atoms with van der Waals surface area (Å²) >= 11 is 0.990. The van der Waals surface area contributed by atoms with E-state index in [2.05, 4.69) is 22.4 Å². The zero-order chi connectivity index (χ0) is 26.6. The molecule has 3 aromatic carbocycles. The molecule has 0 atom stereocenters. The molecule has 5 rings (SSSR count). The Hall–Kier alpha value is -4.50. The number of carboxylic acids is 1. The van der Waals surface area contributed by atoms with Crippen molar-refractivity contribution in [2.45, 2.75) is 19.4 Å². The maximum Gasteiger partial charge on any atom is 0.413 e. The third-order valence-corrected chi connectivity index (χ3v) is 7.43. The molecular weight excluding hydrogens is 502 g/mol. The number of hydrogen-bond donors (Lipinski definition) is 2. The van der Waals surface area contributed by atoms with Gasteiger partial charge in [-0.3, -0.25) is 14.9 Å². The fourth-order valence-electron chi connectivity index (χ4n) is 4.68. The number of nitrogens with one attached hydrogen (secondary N) is 1. The molecule has 0 saturated carbocycles. The van der Waals surface area contributed by atoms with Crippen LogP contribution in [0.5, 0.6) is 0 Å². The molecule has 0 spiro atoms. The van der Waals surface area contributed by atoms with Crippen LogP contribution >= 0.6 is 11.3 Å². The Bertz CT molecular complexity index is 1460. The van der Waals surface area contributed by atoms with Crippen molar-refractivity contribution in [3.63, 3.8) is 0 Å². The highest BCUT2D eigenvalue weighted by Gasteiger charge is 2.29. The van der Waals surface area contributed by atoms with Gasteiger partial charge >= 0.3 is 12.1 Å². The molecule has 1 aromatic heterocycles. The molecule has 2 amide bonds. The molecule has 0 bridgehead atoms. The zero-order valence-corrected chi connectivity index (χ0v) is 21.4. The number of ether oxygens (including phenoxy) is 1. The van der Waals surface area contributed by atoms with Gasteiger partial charge in [-0.25, -0.2) is 9.78 Å². The highest BCUT2D eigenvalue weighted by molar-refractivity contribution is 7.17. The second kappa shape index (κ2) is 10.9. The maximum atomic E-state index is 13.2. The van der Waals surface area contributed by atoms with Crippen LogP contribution in [0.4, 0.5) is 9.93 Å². The lowest BCUT2D eigenvalue weighted by atomic mass is 9.98. The molecule has 1 aliphatic carbocycles. The number of aryl methyl sites for hydroxylation is 1. The van der Waals surface area contributed by atoms with Gasteiger partial charge < -0.3 is 14.7 Å². The minimum atomic E-state index is -1.12. The molecule has 38 heavy (non-hydrogen) atoms. The Kier molecular flexibility index (Phi) is 7.19. The van der Waals surface area contributed by atoms with Gasteiger partial charge in [0, 0.05) is 12.5 Å². The van der Waals surface area contributed by atoms with Crippen LogP contribution in [0.25, 0.3) is 11.1 Å². The van der Waals surface area contributed by atoms with Gasteiger partial charge in [0.25, 0.3) is 5.91 Å². The van der Waals surface area contributed by atoms with Gasteiger partial charge in [0.05, 0.1) is 5.69 Å². The van der Waals surface area contributed by atoms with Gasteiger partial charge in [0.2, 0.25) is 0 Å². The number of aliphatic carboxylic acids is 1. The minimum Gasteiger partial charge on any atom is -0.480 e. The van der Waals surface area contributed by atoms with E-state index in [1.165, 1.54) is 4.90 Å². The lowest BCUT2D eigenvalue weighted by Crippen LogP contribution is -2.35. The van der Waals surface area contributed by atoms with Crippen molar-refractivity contribution in [2.75, 3.05) is 18.5 Å². The van der Waals surface area contributed by atoms with Crippen molar-refractivity contribution in [1.29, 1.82) is 0 Å². The quantitative estimate of drug-likeness (QED) is 0.311. The fourth-order valence-corrected chi connectivity index (χ4v) is 5.60. The number of rotatable bonds is 8. The molecule has 0 saturated heterocycles. The van der Waals surface area contributed by atoms with E-state index in [9.17, 15) is 19.5 Å². The van der Waals surface area contributed by atoms with E-state index in [0.717, 1.165) is 39.2 Å². The summed E-state index contributed by atoms with van der Waals surface area (Å²) in [5, 5.41) is 12.2. The molecule has 1 aliphatic rings. The van der Waals surface area contributed by atoms with Crippen molar-refractivity contribution in [3.8, 4) is 11.1 Å². The Morgan fingerprint density at radius 1 is 0.947 bits per heavy atom. The summed E-state index contributed by atoms with van der Waals surface area (Å²) in [6, 6.07) is 25.3. The van der Waals surface area contributed by atoms with Crippen LogP contribution in [0.1, 0.15) is 38.0 Å². The summed E-state index contributed by atoms with van der Waals surface area (Å²) in [5.74, 6) is -1.66. The van der Waals surface area contributed by atoms with Gasteiger partial charge in [-0.15, -0.1) is 0 Å². The van der Waals surface area contributed by atoms with Crippen LogP contribution in [0.3, 0.4) is 0 Å². The summed E-state index contributed by atoms with van der Waals surface area (Å²) in [6.45, 7) is 1.48. The number of thiazole rings is 1. The Morgan fingerprint density at radius 3 is 2.18 bits per heavy atom. The predicted molar refractivity (Wildman–Crippen MR) is 144 cm³/mol. The molecule has 0 aliphatic heterocycles. The molecule has 9 heteroatoms. The lowest BCUT2D eigenvalue weighted by Gasteiger charge is -2.20. The molecule has 8 nitrogen and oxygen atoms in total. The highest BCUT2D eigenvalue weighted by atomic mass is 32.1. The summed E-state index contributed by atoms with van der Waals surface area (Å²) in [5.41, 5.74) is 5.70. The lowest BCUT2D eigenvalue weighted by molar-refractivity contribution is -0.137. The molecule has 4 aromatic rings. The highest BCUT2D eigenvalue weighted by Crippen LogP contribution is 2.44. The number of anilines is 1. The van der Waals surface area contributed by atoms with E-state index >= 15 is 0 Å². The monoisotopic (exact) mass is 527 g/mol. The Labute approximate surface area is 223 Å². The number of carbonyl (C=O) groups excluding carboxylic acids is 2. The first kappa shape index (κ1) is 25.2. The van der Waals surface area contributed by atoms with E-state index < -0.39 is 24.5 Å². The topological polar surface area (TPSA) is 109 Å². The minimum absolute atomic E-state index is 0.0779. The van der Waals surface area contributed by atoms with Crippen LogP contribution in [0.2, 0.25) is 0 Å². The Balaban J connectivity index is 1.26. The van der Waals surface area contributed by atoms with Crippen molar-refractivity contribution in [3.05, 3.63) is 106 Å². The van der Waals surface area contributed by atoms with Crippen molar-refractivity contribution in [2.24, 2.45) is 0 Å². The summed E-state index contributed by atoms with van der Waals surface area (Å²) in [7, 11) is 0. The van der Waals surface area contributed by atoms with Crippen molar-refractivity contribution < 1.29 is 24.2 Å². The first-order chi connectivity index (χ1) is 18.4. The number of amides is 2. The number of carbonyl (C=O) groups is 3. The average Bonchev–Trinajstić information content (AvgIpc) is 3.44. The number of carboxylic acid groups (broad SMARTS) is 1. The number of benzene rings is 3. The SMILES string of the molecule is Cc1nc(NC(=O)OCC2c3ccccc3-c3ccccc32)sc1C(=O)N(CC(=O)O)Cc1ccccc1. The Morgan fingerprint density at radius 2 is 1.55 bits per heavy atom. The molecule has 1 heterocycles. The largest absolute Gasteiger partial charge is 0.480 e. The van der Waals surface area contributed by atoms with Gasteiger partial charge in [-0.1, -0.05) is 90.2 Å². The van der Waals surface area contributed by atoms with Crippen molar-refractivity contribution >= 4 is 34.4 Å². The van der Waals surface area contributed by atoms with E-state index in [0.29, 0.717) is 5.69 Å². The number of fused-ring (bicyclic) bond motifs is 3. The van der Waals surface area contributed by atoms with Crippen LogP contribution in [0, 0.1) is 6.92 Å². The maximum absolute atomic E-state index is 13.2. The average molecular weight is 528 g/mol. The number of hydrogen-bond acceptors (Lipinski definition) is 6. The molecule has 0 unspecified atom stereocenters. The van der Waals surface area contributed by atoms with Gasteiger partial charge in [-0.2, -0.15) is 0 Å². The third kappa shape index (κ3) is 5.28. The smallest absolute Gasteiger partial charge is 0.413 e. The van der Waals surface area contributed by atoms with Gasteiger partial charge in [-0.05, 0) is 34.7 Å². The van der Waals surface area contributed by atoms with Crippen LogP contribution in [-0.4, -0.2) is 46.1 Å². The van der Waals surface area contributed by atoms with Crippen LogP contribution in [-0.2, 0) is 16.1 Å². The molecule has 2 N–H and O–H groups in total. The first-order valence-electron chi connectivity index (χ1n) is 12.0. The number of nitrogens with zero attached hydrogens (tertiary/aromatic N) is 2. The predicted octanol–water partition coefficient (Wildman–Crippen LogP) is 5.54. The van der Waals surface area contributed by atoms with E-state index in [1.54, 1.807) is 6.92 Å². The standard InChI is InChI=1S/C29H25N3O5S/c1-18-26(27(35)32(16-25(33)34)15-19-9-3-2-4-10-19)38-28(30-18)31-29(36)37-17-24-22-13-7-5-11-20(22)21-12-6-8-14-23(21)24/h2-14,24H,15-17H2,1H3,(H,33,34)(H,30,31,36). The number of aromatic nitrogens is 1. The van der Waals surface area contributed by atoms with E-state index in [1.807, 2.05) is 66.7 Å². The zero-order valence-electron chi connectivity index (χ0n) is 20.6. The first-order valence-corrected chi connectivity index (χ1v) is 12.9. The summed E-state index contributed by atoms with van der Waals surface area (Å²) in [4.78, 5) is 43.1. The normalized spacial score (nSPS) is 11.9. The van der Waals surface area contributed by atoms with Gasteiger partial charge in [0.15, 0.2) is 5.13 Å². The summed E-state index contributed by atoms with van der Waals surface area (Å²) in [6.07, 6.45) is -0.675. The second-order valence-electron chi connectivity index (χ2n) is 8.92. The second-order valence-corrected chi connectivity index (χ2v) is 9.92. The van der Waals surface area contributed by atoms with Crippen LogP contribution in [0.15, 0.2) is 78.9 Å². The van der Waals surface area contributed by atoms with Gasteiger partial charge in [0.1, 0.15) is 18.0 Å². The van der Waals surface area contributed by atoms with E-state index in [-0.39, 0.29) is 29.1 Å². The van der Waals surface area contributed by atoms with Crippen LogP contribution < -0.4 is 5.32 Å². The third-order valence-electron chi connectivity index (χ3n) is 6.37. The summed E-state index contributed by atoms with van der Waals surface area (Å²) < 4.78 is 5.58. The fraction of sp³-hybridized carbons (Fsp3) is 0.172. The molecule has 0 radical (unpaired) electrons. The molecule has 192 valence electrons. The van der Waals surface area contributed by atoms with E-state index in [4.69, 9.17) is 4.74 Å². The molecular formula is C29H25N3O5S.